The van der Waals surface area contributed by atoms with Crippen LogP contribution >= 0.6 is 0 Å². The lowest BCUT2D eigenvalue weighted by molar-refractivity contribution is -0.118. The average Bonchev–Trinajstić information content (AvgIpc) is 3.47. The van der Waals surface area contributed by atoms with Crippen molar-refractivity contribution in [1.29, 1.82) is 0 Å². The third-order valence-electron chi connectivity index (χ3n) is 6.74. The minimum Gasteiger partial charge on any atom is -0.482 e. The lowest BCUT2D eigenvalue weighted by Gasteiger charge is -2.18. The summed E-state index contributed by atoms with van der Waals surface area (Å²) in [6, 6.07) is 10.4. The third-order valence-corrected chi connectivity index (χ3v) is 6.74. The van der Waals surface area contributed by atoms with Crippen LogP contribution in [0.2, 0.25) is 0 Å². The van der Waals surface area contributed by atoms with Gasteiger partial charge < -0.3 is 25.8 Å². The fraction of sp³-hybridized carbons (Fsp3) is 0.231. The minimum absolute atomic E-state index is 0.0206. The first-order valence-electron chi connectivity index (χ1n) is 12.0. The van der Waals surface area contributed by atoms with Gasteiger partial charge in [0.2, 0.25) is 0 Å². The molecule has 38 heavy (non-hydrogen) atoms. The predicted molar refractivity (Wildman–Crippen MR) is 136 cm³/mol. The summed E-state index contributed by atoms with van der Waals surface area (Å²) in [5.41, 5.74) is 4.81. The standard InChI is InChI=1S/C26H23N7O5/c1-33-23-21(24(32-33)31-17-6-4-14-9-15(26(36)37)3-5-16(14)17)28-12-29-22(23)25(35)27-10-13-2-7-19-18(8-13)30-20(34)11-38-19/h2-3,5,7-9,12,17H,4,6,10-11H2,1H3,(H,27,35)(H,30,34)(H,31,32)(H,36,37). The number of carbonyl (C=O) groups is 3. The molecule has 0 spiro atoms. The van der Waals surface area contributed by atoms with Gasteiger partial charge in [-0.2, -0.15) is 5.10 Å². The second kappa shape index (κ2) is 9.14. The van der Waals surface area contributed by atoms with Gasteiger partial charge in [0.25, 0.3) is 11.8 Å². The molecule has 1 unspecified atom stereocenters. The number of aromatic carboxylic acids is 1. The Bertz CT molecular complexity index is 1630. The van der Waals surface area contributed by atoms with E-state index in [1.54, 1.807) is 36.0 Å². The zero-order valence-electron chi connectivity index (χ0n) is 20.3. The van der Waals surface area contributed by atoms with Gasteiger partial charge in [0.1, 0.15) is 23.1 Å². The van der Waals surface area contributed by atoms with Crippen LogP contribution in [0.1, 0.15) is 50.0 Å². The van der Waals surface area contributed by atoms with Crippen LogP contribution in [-0.2, 0) is 24.8 Å². The fourth-order valence-electron chi connectivity index (χ4n) is 4.94. The van der Waals surface area contributed by atoms with Crippen molar-refractivity contribution < 1.29 is 24.2 Å². The monoisotopic (exact) mass is 513 g/mol. The molecule has 1 aliphatic heterocycles. The molecule has 0 saturated heterocycles. The Hall–Kier alpha value is -5.00. The molecule has 0 fully saturated rings. The van der Waals surface area contributed by atoms with Crippen LogP contribution in [0.4, 0.5) is 11.5 Å². The molecule has 0 radical (unpaired) electrons. The highest BCUT2D eigenvalue weighted by Crippen LogP contribution is 2.36. The van der Waals surface area contributed by atoms with Crippen LogP contribution in [0.25, 0.3) is 11.0 Å². The molecular weight excluding hydrogens is 490 g/mol. The fourth-order valence-corrected chi connectivity index (χ4v) is 4.94. The Labute approximate surface area is 216 Å². The largest absolute Gasteiger partial charge is 0.482 e. The third kappa shape index (κ3) is 4.15. The quantitative estimate of drug-likeness (QED) is 0.303. The molecule has 2 aromatic heterocycles. The van der Waals surface area contributed by atoms with Gasteiger partial charge in [-0.15, -0.1) is 0 Å². The number of aryl methyl sites for hydroxylation is 2. The summed E-state index contributed by atoms with van der Waals surface area (Å²) in [6.07, 6.45) is 2.86. The molecule has 192 valence electrons. The van der Waals surface area contributed by atoms with E-state index in [-0.39, 0.29) is 36.4 Å². The number of anilines is 2. The average molecular weight is 514 g/mol. The number of hydrogen-bond acceptors (Lipinski definition) is 8. The number of nitrogens with one attached hydrogen (secondary N) is 3. The number of carboxylic acid groups (broad SMARTS) is 1. The molecule has 12 nitrogen and oxygen atoms in total. The summed E-state index contributed by atoms with van der Waals surface area (Å²) < 4.78 is 6.95. The second-order valence-corrected chi connectivity index (χ2v) is 9.20. The van der Waals surface area contributed by atoms with Crippen molar-refractivity contribution >= 4 is 40.3 Å². The molecule has 1 atom stereocenters. The van der Waals surface area contributed by atoms with E-state index >= 15 is 0 Å². The van der Waals surface area contributed by atoms with Crippen LogP contribution < -0.4 is 20.7 Å². The van der Waals surface area contributed by atoms with Gasteiger partial charge in [-0.3, -0.25) is 14.3 Å². The molecule has 0 bridgehead atoms. The summed E-state index contributed by atoms with van der Waals surface area (Å²) in [5, 5.41) is 22.9. The topological polar surface area (TPSA) is 160 Å². The highest BCUT2D eigenvalue weighted by atomic mass is 16.5. The van der Waals surface area contributed by atoms with E-state index in [1.165, 1.54) is 6.33 Å². The molecule has 2 aromatic carbocycles. The lowest BCUT2D eigenvalue weighted by Crippen LogP contribution is -2.26. The number of carbonyl (C=O) groups excluding carboxylic acids is 2. The van der Waals surface area contributed by atoms with Gasteiger partial charge in [-0.05, 0) is 53.8 Å². The Balaban J connectivity index is 1.21. The maximum atomic E-state index is 13.1. The maximum absolute atomic E-state index is 13.1. The maximum Gasteiger partial charge on any atom is 0.335 e. The molecule has 4 N–H and O–H groups in total. The predicted octanol–water partition coefficient (Wildman–Crippen LogP) is 2.42. The van der Waals surface area contributed by atoms with Crippen LogP contribution in [0.3, 0.4) is 0 Å². The molecule has 12 heteroatoms. The van der Waals surface area contributed by atoms with E-state index in [9.17, 15) is 19.5 Å². The van der Waals surface area contributed by atoms with Crippen molar-refractivity contribution in [3.63, 3.8) is 0 Å². The van der Waals surface area contributed by atoms with Crippen LogP contribution in [0.15, 0.2) is 42.7 Å². The molecule has 2 aliphatic rings. The molecule has 1 aliphatic carbocycles. The van der Waals surface area contributed by atoms with Crippen molar-refractivity contribution in [3.8, 4) is 5.75 Å². The number of nitrogens with zero attached hydrogens (tertiary/aromatic N) is 4. The van der Waals surface area contributed by atoms with E-state index in [1.807, 2.05) is 12.1 Å². The number of ether oxygens (including phenoxy) is 1. The molecule has 0 saturated carbocycles. The van der Waals surface area contributed by atoms with E-state index in [0.29, 0.717) is 28.3 Å². The second-order valence-electron chi connectivity index (χ2n) is 9.20. The van der Waals surface area contributed by atoms with Gasteiger partial charge >= 0.3 is 5.97 Å². The van der Waals surface area contributed by atoms with Crippen LogP contribution in [-0.4, -0.2) is 49.2 Å². The van der Waals surface area contributed by atoms with E-state index in [0.717, 1.165) is 29.5 Å². The first-order valence-corrected chi connectivity index (χ1v) is 12.0. The van der Waals surface area contributed by atoms with Gasteiger partial charge in [-0.25, -0.2) is 14.8 Å². The highest BCUT2D eigenvalue weighted by Gasteiger charge is 2.27. The number of aromatic nitrogens is 4. The van der Waals surface area contributed by atoms with E-state index in [2.05, 4.69) is 31.0 Å². The van der Waals surface area contributed by atoms with Crippen LogP contribution in [0.5, 0.6) is 5.75 Å². The zero-order valence-corrected chi connectivity index (χ0v) is 20.3. The highest BCUT2D eigenvalue weighted by molar-refractivity contribution is 6.05. The van der Waals surface area contributed by atoms with Crippen molar-refractivity contribution in [2.24, 2.45) is 7.05 Å². The summed E-state index contributed by atoms with van der Waals surface area (Å²) in [6.45, 7) is 0.195. The summed E-state index contributed by atoms with van der Waals surface area (Å²) in [7, 11) is 1.72. The van der Waals surface area contributed by atoms with Crippen molar-refractivity contribution in [3.05, 3.63) is 70.7 Å². The van der Waals surface area contributed by atoms with E-state index in [4.69, 9.17) is 4.74 Å². The van der Waals surface area contributed by atoms with Crippen LogP contribution in [0, 0.1) is 0 Å². The Morgan fingerprint density at radius 2 is 2.08 bits per heavy atom. The molecule has 2 amide bonds. The van der Waals surface area contributed by atoms with Crippen molar-refractivity contribution in [1.82, 2.24) is 25.1 Å². The zero-order chi connectivity index (χ0) is 26.4. The Morgan fingerprint density at radius 1 is 1.21 bits per heavy atom. The molecule has 4 aromatic rings. The van der Waals surface area contributed by atoms with Gasteiger partial charge in [-0.1, -0.05) is 12.1 Å². The normalized spacial score (nSPS) is 15.8. The van der Waals surface area contributed by atoms with E-state index < -0.39 is 11.9 Å². The first-order chi connectivity index (χ1) is 18.4. The number of carboxylic acids is 1. The number of fused-ring (bicyclic) bond motifs is 3. The van der Waals surface area contributed by atoms with Gasteiger partial charge in [0.05, 0.1) is 17.3 Å². The number of hydrogen-bond donors (Lipinski definition) is 4. The van der Waals surface area contributed by atoms with Gasteiger partial charge in [0.15, 0.2) is 18.1 Å². The Morgan fingerprint density at radius 3 is 2.92 bits per heavy atom. The van der Waals surface area contributed by atoms with Crippen molar-refractivity contribution in [2.45, 2.75) is 25.4 Å². The molecule has 3 heterocycles. The lowest BCUT2D eigenvalue weighted by atomic mass is 10.0. The summed E-state index contributed by atoms with van der Waals surface area (Å²) in [5.74, 6) is -0.468. The van der Waals surface area contributed by atoms with Crippen molar-refractivity contribution in [2.75, 3.05) is 17.2 Å². The minimum atomic E-state index is -0.949. The number of benzene rings is 2. The Kier molecular flexibility index (Phi) is 5.63. The summed E-state index contributed by atoms with van der Waals surface area (Å²) in [4.78, 5) is 44.6. The SMILES string of the molecule is Cn1nc(NC2CCc3cc(C(=O)O)ccc32)c2ncnc(C(=O)NCc3ccc4c(c3)NC(=O)CO4)c21. The smallest absolute Gasteiger partial charge is 0.335 e. The molecular formula is C26H23N7O5. The number of rotatable bonds is 6. The summed E-state index contributed by atoms with van der Waals surface area (Å²) >= 11 is 0. The first kappa shape index (κ1) is 23.4. The van der Waals surface area contributed by atoms with Gasteiger partial charge in [0, 0.05) is 13.6 Å². The molecule has 6 rings (SSSR count). The number of amides is 2.